The average Bonchev–Trinajstić information content (AvgIpc) is 2.61. The molecule has 0 spiro atoms. The van der Waals surface area contributed by atoms with Crippen LogP contribution in [0.15, 0.2) is 42.6 Å². The van der Waals surface area contributed by atoms with E-state index in [0.29, 0.717) is 0 Å². The van der Waals surface area contributed by atoms with Crippen LogP contribution in [0, 0.1) is 0 Å². The summed E-state index contributed by atoms with van der Waals surface area (Å²) in [6.07, 6.45) is 4.14. The fraction of sp³-hybridized carbons (Fsp3) is 0.231. The van der Waals surface area contributed by atoms with Gasteiger partial charge in [0.25, 0.3) is 0 Å². The molecule has 1 aromatic carbocycles. The summed E-state index contributed by atoms with van der Waals surface area (Å²) < 4.78 is 0. The smallest absolute Gasteiger partial charge is 0.0456 e. The number of hydrogen-bond acceptors (Lipinski definition) is 0. The number of aromatic amines is 1. The molecule has 0 fully saturated rings. The Hall–Kier alpha value is -1.50. The molecule has 0 saturated heterocycles. The highest BCUT2D eigenvalue weighted by Gasteiger charge is 1.97. The highest BCUT2D eigenvalue weighted by molar-refractivity contribution is 5.79. The molecular formula is C13H15N. The molecule has 0 aliphatic carbocycles. The first kappa shape index (κ1) is 9.07. The molecule has 1 heterocycles. The summed E-state index contributed by atoms with van der Waals surface area (Å²) in [5.74, 6) is 0. The molecule has 0 bridgehead atoms. The molecule has 1 heteroatoms. The van der Waals surface area contributed by atoms with Crippen molar-refractivity contribution in [3.05, 3.63) is 48.2 Å². The number of fused-ring (bicyclic) bond motifs is 1. The zero-order chi connectivity index (χ0) is 9.97. The zero-order valence-corrected chi connectivity index (χ0v) is 8.51. The first-order valence-electron chi connectivity index (χ1n) is 4.96. The Morgan fingerprint density at radius 2 is 2.21 bits per heavy atom. The van der Waals surface area contributed by atoms with Crippen molar-refractivity contribution in [1.29, 1.82) is 0 Å². The molecule has 0 saturated carbocycles. The molecule has 2 aromatic rings. The minimum atomic E-state index is 1.08. The van der Waals surface area contributed by atoms with E-state index in [9.17, 15) is 0 Å². The summed E-state index contributed by atoms with van der Waals surface area (Å²) in [7, 11) is 0. The van der Waals surface area contributed by atoms with Gasteiger partial charge in [-0.05, 0) is 42.8 Å². The van der Waals surface area contributed by atoms with Crippen LogP contribution in [0.4, 0.5) is 0 Å². The maximum atomic E-state index is 3.91. The van der Waals surface area contributed by atoms with E-state index in [1.54, 1.807) is 0 Å². The van der Waals surface area contributed by atoms with Crippen molar-refractivity contribution >= 4 is 10.9 Å². The van der Waals surface area contributed by atoms with Gasteiger partial charge in [0, 0.05) is 11.7 Å². The lowest BCUT2D eigenvalue weighted by molar-refractivity contribution is 0.947. The Labute approximate surface area is 84.5 Å². The fourth-order valence-electron chi connectivity index (χ4n) is 1.61. The van der Waals surface area contributed by atoms with E-state index < -0.39 is 0 Å². The van der Waals surface area contributed by atoms with Crippen molar-refractivity contribution in [3.8, 4) is 0 Å². The highest BCUT2D eigenvalue weighted by atomic mass is 14.7. The summed E-state index contributed by atoms with van der Waals surface area (Å²) in [5.41, 5.74) is 3.85. The molecule has 1 nitrogen and oxygen atoms in total. The van der Waals surface area contributed by atoms with Crippen molar-refractivity contribution in [1.82, 2.24) is 4.98 Å². The van der Waals surface area contributed by atoms with Gasteiger partial charge in [0.05, 0.1) is 0 Å². The SMILES string of the molecule is C=C(C)CCc1ccc2cc[nH]c2c1. The Balaban J connectivity index is 2.21. The lowest BCUT2D eigenvalue weighted by Gasteiger charge is -2.01. The van der Waals surface area contributed by atoms with Crippen LogP contribution in [0.2, 0.25) is 0 Å². The number of hydrogen-bond donors (Lipinski definition) is 1. The lowest BCUT2D eigenvalue weighted by Crippen LogP contribution is -1.85. The fourth-order valence-corrected chi connectivity index (χ4v) is 1.61. The Morgan fingerprint density at radius 3 is 3.00 bits per heavy atom. The summed E-state index contributed by atoms with van der Waals surface area (Å²) in [6, 6.07) is 8.68. The molecule has 0 aliphatic rings. The van der Waals surface area contributed by atoms with E-state index in [1.165, 1.54) is 22.0 Å². The van der Waals surface area contributed by atoms with Gasteiger partial charge in [-0.15, -0.1) is 6.58 Å². The van der Waals surface area contributed by atoms with Crippen LogP contribution in [0.5, 0.6) is 0 Å². The molecule has 1 aromatic heterocycles. The standard InChI is InChI=1S/C13H15N/c1-10(2)3-4-11-5-6-12-7-8-14-13(12)9-11/h5-9,14H,1,3-4H2,2H3. The number of aromatic nitrogens is 1. The maximum Gasteiger partial charge on any atom is 0.0456 e. The van der Waals surface area contributed by atoms with Crippen LogP contribution in [-0.2, 0) is 6.42 Å². The van der Waals surface area contributed by atoms with E-state index in [0.717, 1.165) is 12.8 Å². The number of nitrogens with one attached hydrogen (secondary N) is 1. The number of H-pyrrole nitrogens is 1. The minimum Gasteiger partial charge on any atom is -0.361 e. The van der Waals surface area contributed by atoms with E-state index in [2.05, 4.69) is 42.8 Å². The summed E-state index contributed by atoms with van der Waals surface area (Å²) >= 11 is 0. The molecule has 0 unspecified atom stereocenters. The zero-order valence-electron chi connectivity index (χ0n) is 8.51. The molecule has 0 radical (unpaired) electrons. The van der Waals surface area contributed by atoms with Gasteiger partial charge in [-0.2, -0.15) is 0 Å². The summed E-state index contributed by atoms with van der Waals surface area (Å²) in [6.45, 7) is 5.99. The van der Waals surface area contributed by atoms with Gasteiger partial charge in [-0.1, -0.05) is 17.7 Å². The van der Waals surface area contributed by atoms with Crippen LogP contribution < -0.4 is 0 Å². The van der Waals surface area contributed by atoms with Crippen LogP contribution in [0.25, 0.3) is 10.9 Å². The third kappa shape index (κ3) is 1.87. The van der Waals surface area contributed by atoms with Crippen molar-refractivity contribution in [3.63, 3.8) is 0 Å². The molecule has 2 rings (SSSR count). The van der Waals surface area contributed by atoms with E-state index in [1.807, 2.05) is 6.20 Å². The van der Waals surface area contributed by atoms with Crippen molar-refractivity contribution in [2.75, 3.05) is 0 Å². The van der Waals surface area contributed by atoms with Gasteiger partial charge >= 0.3 is 0 Å². The van der Waals surface area contributed by atoms with Crippen molar-refractivity contribution < 1.29 is 0 Å². The molecule has 72 valence electrons. The van der Waals surface area contributed by atoms with E-state index >= 15 is 0 Å². The van der Waals surface area contributed by atoms with Crippen molar-refractivity contribution in [2.24, 2.45) is 0 Å². The van der Waals surface area contributed by atoms with Crippen LogP contribution in [0.3, 0.4) is 0 Å². The topological polar surface area (TPSA) is 15.8 Å². The van der Waals surface area contributed by atoms with Crippen LogP contribution in [-0.4, -0.2) is 4.98 Å². The number of rotatable bonds is 3. The normalized spacial score (nSPS) is 10.6. The Morgan fingerprint density at radius 1 is 1.36 bits per heavy atom. The summed E-state index contributed by atoms with van der Waals surface area (Å²) in [4.78, 5) is 3.23. The van der Waals surface area contributed by atoms with Gasteiger partial charge in [0.1, 0.15) is 0 Å². The highest BCUT2D eigenvalue weighted by Crippen LogP contribution is 2.16. The van der Waals surface area contributed by atoms with Crippen molar-refractivity contribution in [2.45, 2.75) is 19.8 Å². The predicted octanol–water partition coefficient (Wildman–Crippen LogP) is 3.68. The van der Waals surface area contributed by atoms with Crippen LogP contribution in [0.1, 0.15) is 18.9 Å². The van der Waals surface area contributed by atoms with Gasteiger partial charge in [-0.3, -0.25) is 0 Å². The molecule has 0 amide bonds. The van der Waals surface area contributed by atoms with Gasteiger partial charge < -0.3 is 4.98 Å². The predicted molar refractivity (Wildman–Crippen MR) is 61.4 cm³/mol. The molecule has 14 heavy (non-hydrogen) atoms. The summed E-state index contributed by atoms with van der Waals surface area (Å²) in [5, 5.41) is 1.28. The molecule has 1 N–H and O–H groups in total. The second kappa shape index (κ2) is 3.70. The second-order valence-electron chi connectivity index (χ2n) is 3.86. The third-order valence-electron chi connectivity index (χ3n) is 2.46. The maximum absolute atomic E-state index is 3.91. The minimum absolute atomic E-state index is 1.08. The van der Waals surface area contributed by atoms with E-state index in [-0.39, 0.29) is 0 Å². The quantitative estimate of drug-likeness (QED) is 0.702. The average molecular weight is 185 g/mol. The van der Waals surface area contributed by atoms with Crippen LogP contribution >= 0.6 is 0 Å². The molecular weight excluding hydrogens is 170 g/mol. The Kier molecular flexibility index (Phi) is 2.40. The number of allylic oxidation sites excluding steroid dienone is 1. The lowest BCUT2D eigenvalue weighted by atomic mass is 10.1. The monoisotopic (exact) mass is 185 g/mol. The Bertz CT molecular complexity index is 451. The van der Waals surface area contributed by atoms with Gasteiger partial charge in [0.2, 0.25) is 0 Å². The van der Waals surface area contributed by atoms with E-state index in [4.69, 9.17) is 0 Å². The first-order chi connectivity index (χ1) is 6.75. The third-order valence-corrected chi connectivity index (χ3v) is 2.46. The first-order valence-corrected chi connectivity index (χ1v) is 4.96. The second-order valence-corrected chi connectivity index (χ2v) is 3.86. The number of aryl methyl sites for hydroxylation is 1. The van der Waals surface area contributed by atoms with Gasteiger partial charge in [0.15, 0.2) is 0 Å². The molecule has 0 aliphatic heterocycles. The van der Waals surface area contributed by atoms with Gasteiger partial charge in [-0.25, -0.2) is 0 Å². The largest absolute Gasteiger partial charge is 0.361 e. The molecule has 0 atom stereocenters. The number of benzene rings is 1.